The largest absolute Gasteiger partial charge is 0.394 e. The zero-order valence-electron chi connectivity index (χ0n) is 31.9. The van der Waals surface area contributed by atoms with Crippen molar-refractivity contribution in [2.75, 3.05) is 25.2 Å². The minimum absolute atomic E-state index is 0.330. The molecular formula is C39H77NO9S. The molecule has 1 saturated carbocycles. The van der Waals surface area contributed by atoms with E-state index in [2.05, 4.69) is 18.2 Å². The summed E-state index contributed by atoms with van der Waals surface area (Å²) in [6.07, 6.45) is 18.4. The second kappa shape index (κ2) is 26.4. The SMILES string of the molecule is CCCCCCCCCCCCCC[C@@H](O)[C@@H](O)[C@H](COC1OC(CO)C(O)C(O)C1O)N=S(C)(=O)CCCCCCCCCCC1CC1C. The normalized spacial score (nSPS) is 28.2. The van der Waals surface area contributed by atoms with Gasteiger partial charge in [-0.05, 0) is 31.1 Å². The summed E-state index contributed by atoms with van der Waals surface area (Å²) in [6, 6.07) is -1.06. The van der Waals surface area contributed by atoms with Gasteiger partial charge in [-0.2, -0.15) is 0 Å². The van der Waals surface area contributed by atoms with Crippen LogP contribution in [0.15, 0.2) is 4.36 Å². The Morgan fingerprint density at radius 1 is 0.760 bits per heavy atom. The summed E-state index contributed by atoms with van der Waals surface area (Å²) in [6.45, 7) is 3.66. The van der Waals surface area contributed by atoms with Crippen molar-refractivity contribution in [1.29, 1.82) is 0 Å². The van der Waals surface area contributed by atoms with Crippen molar-refractivity contribution in [2.45, 2.75) is 210 Å². The summed E-state index contributed by atoms with van der Waals surface area (Å²) < 4.78 is 29.3. The fraction of sp³-hybridized carbons (Fsp3) is 1.00. The molecule has 11 heteroatoms. The van der Waals surface area contributed by atoms with E-state index in [1.165, 1.54) is 96.3 Å². The van der Waals surface area contributed by atoms with Crippen molar-refractivity contribution in [3.05, 3.63) is 0 Å². The molecule has 0 aromatic rings. The summed E-state index contributed by atoms with van der Waals surface area (Å²) in [4.78, 5) is 0. The number of aliphatic hydroxyl groups excluding tert-OH is 6. The maximum atomic E-state index is 13.6. The van der Waals surface area contributed by atoms with Crippen LogP contribution in [0.25, 0.3) is 0 Å². The summed E-state index contributed by atoms with van der Waals surface area (Å²) in [5.41, 5.74) is 0. The second-order valence-electron chi connectivity index (χ2n) is 15.7. The summed E-state index contributed by atoms with van der Waals surface area (Å²) in [5, 5.41) is 62.4. The van der Waals surface area contributed by atoms with Gasteiger partial charge < -0.3 is 40.1 Å². The highest BCUT2D eigenvalue weighted by molar-refractivity contribution is 7.92. The predicted molar refractivity (Wildman–Crippen MR) is 201 cm³/mol. The highest BCUT2D eigenvalue weighted by Gasteiger charge is 2.44. The molecule has 50 heavy (non-hydrogen) atoms. The number of ether oxygens (including phenoxy) is 2. The molecule has 1 saturated heterocycles. The van der Waals surface area contributed by atoms with Crippen LogP contribution in [-0.2, 0) is 19.2 Å². The highest BCUT2D eigenvalue weighted by Crippen LogP contribution is 2.41. The maximum Gasteiger partial charge on any atom is 0.186 e. The van der Waals surface area contributed by atoms with E-state index in [0.717, 1.165) is 56.8 Å². The molecule has 2 fully saturated rings. The number of aliphatic hydroxyl groups is 6. The van der Waals surface area contributed by atoms with Crippen molar-refractivity contribution in [3.63, 3.8) is 0 Å². The lowest BCUT2D eigenvalue weighted by Crippen LogP contribution is -2.59. The van der Waals surface area contributed by atoms with E-state index in [1.54, 1.807) is 6.26 Å². The molecule has 0 spiro atoms. The van der Waals surface area contributed by atoms with E-state index in [1.807, 2.05) is 0 Å². The van der Waals surface area contributed by atoms with Crippen LogP contribution in [0.4, 0.5) is 0 Å². The molecule has 298 valence electrons. The van der Waals surface area contributed by atoms with E-state index < -0.39 is 65.3 Å². The number of hydrogen-bond donors (Lipinski definition) is 6. The van der Waals surface area contributed by atoms with Gasteiger partial charge in [0.1, 0.15) is 36.6 Å². The van der Waals surface area contributed by atoms with Crippen LogP contribution < -0.4 is 0 Å². The van der Waals surface area contributed by atoms with Crippen LogP contribution in [0, 0.1) is 11.8 Å². The van der Waals surface area contributed by atoms with Crippen molar-refractivity contribution in [1.82, 2.24) is 0 Å². The Balaban J connectivity index is 1.81. The van der Waals surface area contributed by atoms with Crippen molar-refractivity contribution < 1.29 is 44.3 Å². The van der Waals surface area contributed by atoms with Crippen LogP contribution in [0.2, 0.25) is 0 Å². The first-order chi connectivity index (χ1) is 24.0. The van der Waals surface area contributed by atoms with Crippen molar-refractivity contribution in [3.8, 4) is 0 Å². The van der Waals surface area contributed by atoms with Gasteiger partial charge in [-0.25, -0.2) is 4.36 Å². The standard InChI is InChI=1S/C39H77NO9S/c1-4-5-6-7-8-9-10-11-12-16-19-22-25-33(42)35(43)32(29-48-39-38(46)37(45)36(44)34(28-41)49-39)40-50(3,47)26-23-20-17-14-13-15-18-21-24-31-27-30(31)2/h30-39,41-46H,4-29H2,1-3H3/t30?,31?,32-,33+,34?,35-,36?,37?,38?,39?,50?/m0/s1. The lowest BCUT2D eigenvalue weighted by Gasteiger charge is -2.40. The Labute approximate surface area is 305 Å². The van der Waals surface area contributed by atoms with Gasteiger partial charge in [0.15, 0.2) is 6.29 Å². The fourth-order valence-electron chi connectivity index (χ4n) is 7.19. The maximum absolute atomic E-state index is 13.6. The van der Waals surface area contributed by atoms with Gasteiger partial charge in [0.2, 0.25) is 0 Å². The molecule has 8 unspecified atom stereocenters. The lowest BCUT2D eigenvalue weighted by molar-refractivity contribution is -0.302. The molecule has 11 atom stereocenters. The summed E-state index contributed by atoms with van der Waals surface area (Å²) in [5.74, 6) is 2.29. The van der Waals surface area contributed by atoms with Gasteiger partial charge in [-0.3, -0.25) is 4.21 Å². The minimum Gasteiger partial charge on any atom is -0.394 e. The number of nitrogens with zero attached hydrogens (tertiary/aromatic N) is 1. The molecule has 0 amide bonds. The van der Waals surface area contributed by atoms with E-state index in [-0.39, 0.29) is 6.61 Å². The summed E-state index contributed by atoms with van der Waals surface area (Å²) >= 11 is 0. The molecular weight excluding hydrogens is 658 g/mol. The predicted octanol–water partition coefficient (Wildman–Crippen LogP) is 6.25. The molecule has 1 heterocycles. The minimum atomic E-state index is -2.73. The molecule has 2 aliphatic rings. The quantitative estimate of drug-likeness (QED) is 0.0451. The van der Waals surface area contributed by atoms with Gasteiger partial charge >= 0.3 is 0 Å². The first-order valence-corrected chi connectivity index (χ1v) is 22.6. The van der Waals surface area contributed by atoms with Crippen LogP contribution in [0.3, 0.4) is 0 Å². The van der Waals surface area contributed by atoms with E-state index >= 15 is 0 Å². The molecule has 2 rings (SSSR count). The Morgan fingerprint density at radius 3 is 1.78 bits per heavy atom. The average Bonchev–Trinajstić information content (AvgIpc) is 3.81. The second-order valence-corrected chi connectivity index (χ2v) is 18.2. The Morgan fingerprint density at radius 2 is 1.26 bits per heavy atom. The first kappa shape index (κ1) is 45.8. The van der Waals surface area contributed by atoms with Crippen LogP contribution in [0.5, 0.6) is 0 Å². The molecule has 1 aliphatic carbocycles. The van der Waals surface area contributed by atoms with Gasteiger partial charge in [-0.15, -0.1) is 0 Å². The highest BCUT2D eigenvalue weighted by atomic mass is 32.2. The van der Waals surface area contributed by atoms with E-state index in [0.29, 0.717) is 12.2 Å². The molecule has 0 bridgehead atoms. The number of hydrogen-bond acceptors (Lipinski definition) is 10. The molecule has 1 aliphatic heterocycles. The monoisotopic (exact) mass is 736 g/mol. The Kier molecular flexibility index (Phi) is 24.2. The fourth-order valence-corrected chi connectivity index (χ4v) is 8.79. The van der Waals surface area contributed by atoms with Gasteiger partial charge in [-0.1, -0.05) is 142 Å². The zero-order valence-corrected chi connectivity index (χ0v) is 32.7. The molecule has 0 aromatic heterocycles. The van der Waals surface area contributed by atoms with Crippen molar-refractivity contribution >= 4 is 9.73 Å². The smallest absolute Gasteiger partial charge is 0.186 e. The number of rotatable bonds is 31. The van der Waals surface area contributed by atoms with Crippen LogP contribution in [0.1, 0.15) is 162 Å². The van der Waals surface area contributed by atoms with Gasteiger partial charge in [0.05, 0.1) is 19.3 Å². The third-order valence-corrected chi connectivity index (χ3v) is 12.7. The number of unbranched alkanes of at least 4 members (excludes halogenated alkanes) is 18. The van der Waals surface area contributed by atoms with E-state index in [9.17, 15) is 34.8 Å². The average molecular weight is 736 g/mol. The van der Waals surface area contributed by atoms with Crippen molar-refractivity contribution in [2.24, 2.45) is 16.2 Å². The Hall–Kier alpha value is -0.370. The van der Waals surface area contributed by atoms with Gasteiger partial charge in [0, 0.05) is 21.7 Å². The molecule has 6 N–H and O–H groups in total. The van der Waals surface area contributed by atoms with Crippen LogP contribution in [-0.4, -0.2) is 109 Å². The molecule has 10 nitrogen and oxygen atoms in total. The van der Waals surface area contributed by atoms with Gasteiger partial charge in [0.25, 0.3) is 0 Å². The van der Waals surface area contributed by atoms with E-state index in [4.69, 9.17) is 9.47 Å². The van der Waals surface area contributed by atoms with Crippen LogP contribution >= 0.6 is 0 Å². The Bertz CT molecular complexity index is 962. The summed E-state index contributed by atoms with van der Waals surface area (Å²) in [7, 11) is -2.73. The zero-order chi connectivity index (χ0) is 36.8. The third-order valence-electron chi connectivity index (χ3n) is 10.9. The lowest BCUT2D eigenvalue weighted by atomic mass is 9.99. The third kappa shape index (κ3) is 19.1. The molecule has 0 aromatic carbocycles. The molecule has 0 radical (unpaired) electrons. The first-order valence-electron chi connectivity index (χ1n) is 20.5. The topological polar surface area (TPSA) is 169 Å².